The summed E-state index contributed by atoms with van der Waals surface area (Å²) in [6.45, 7) is 1.99. The van der Waals surface area contributed by atoms with Gasteiger partial charge in [-0.05, 0) is 24.6 Å². The second kappa shape index (κ2) is 5.21. The van der Waals surface area contributed by atoms with Gasteiger partial charge in [-0.3, -0.25) is 4.79 Å². The summed E-state index contributed by atoms with van der Waals surface area (Å²) in [7, 11) is 0. The van der Waals surface area contributed by atoms with Crippen molar-refractivity contribution in [2.45, 2.75) is 13.0 Å². The maximum Gasteiger partial charge on any atom is 0.253 e. The Hall–Kier alpha value is -2.55. The highest BCUT2D eigenvalue weighted by Gasteiger charge is 2.14. The molecule has 2 N–H and O–H groups in total. The van der Waals surface area contributed by atoms with Crippen molar-refractivity contribution < 1.29 is 4.79 Å². The lowest BCUT2D eigenvalue weighted by Crippen LogP contribution is -2.26. The van der Waals surface area contributed by atoms with Crippen LogP contribution in [0.15, 0.2) is 60.8 Å². The highest BCUT2D eigenvalue weighted by Crippen LogP contribution is 2.18. The van der Waals surface area contributed by atoms with E-state index in [0.717, 1.165) is 16.5 Å². The van der Waals surface area contributed by atoms with Gasteiger partial charge in [0.2, 0.25) is 0 Å². The molecule has 3 heteroatoms. The minimum absolute atomic E-state index is 0.0195. The summed E-state index contributed by atoms with van der Waals surface area (Å²) < 4.78 is 0. The molecule has 0 aliphatic rings. The molecule has 100 valence electrons. The fraction of sp³-hybridized carbons (Fsp3) is 0.118. The summed E-state index contributed by atoms with van der Waals surface area (Å²) in [5.74, 6) is -0.0607. The normalized spacial score (nSPS) is 12.2. The van der Waals surface area contributed by atoms with Crippen LogP contribution in [0.5, 0.6) is 0 Å². The Morgan fingerprint density at radius 3 is 2.65 bits per heavy atom. The number of aromatic amines is 1. The van der Waals surface area contributed by atoms with Crippen molar-refractivity contribution in [3.05, 3.63) is 71.9 Å². The van der Waals surface area contributed by atoms with Gasteiger partial charge in [0.1, 0.15) is 0 Å². The topological polar surface area (TPSA) is 44.9 Å². The van der Waals surface area contributed by atoms with Gasteiger partial charge in [-0.1, -0.05) is 42.5 Å². The molecule has 0 spiro atoms. The van der Waals surface area contributed by atoms with E-state index in [1.807, 2.05) is 67.7 Å². The van der Waals surface area contributed by atoms with Gasteiger partial charge in [-0.25, -0.2) is 0 Å². The molecule has 0 saturated carbocycles. The summed E-state index contributed by atoms with van der Waals surface area (Å²) >= 11 is 0. The van der Waals surface area contributed by atoms with Crippen LogP contribution in [0, 0.1) is 0 Å². The zero-order chi connectivity index (χ0) is 13.9. The third-order valence-electron chi connectivity index (χ3n) is 3.48. The SMILES string of the molecule is CC(NC(=O)c1cccc2cc[nH]c12)c1ccccc1. The lowest BCUT2D eigenvalue weighted by molar-refractivity contribution is 0.0941. The maximum atomic E-state index is 12.4. The van der Waals surface area contributed by atoms with E-state index in [1.165, 1.54) is 0 Å². The van der Waals surface area contributed by atoms with Crippen molar-refractivity contribution in [2.24, 2.45) is 0 Å². The minimum atomic E-state index is -0.0607. The Morgan fingerprint density at radius 2 is 1.85 bits per heavy atom. The largest absolute Gasteiger partial charge is 0.361 e. The monoisotopic (exact) mass is 264 g/mol. The molecule has 0 aliphatic carbocycles. The predicted octanol–water partition coefficient (Wildman–Crippen LogP) is 3.66. The molecule has 20 heavy (non-hydrogen) atoms. The Kier molecular flexibility index (Phi) is 3.25. The zero-order valence-corrected chi connectivity index (χ0v) is 11.3. The third kappa shape index (κ3) is 2.30. The molecule has 0 radical (unpaired) electrons. The van der Waals surface area contributed by atoms with E-state index >= 15 is 0 Å². The van der Waals surface area contributed by atoms with E-state index in [4.69, 9.17) is 0 Å². The first-order valence-corrected chi connectivity index (χ1v) is 6.67. The van der Waals surface area contributed by atoms with E-state index in [0.29, 0.717) is 5.56 Å². The second-order valence-electron chi connectivity index (χ2n) is 4.85. The van der Waals surface area contributed by atoms with E-state index in [1.54, 1.807) is 0 Å². The number of hydrogen-bond donors (Lipinski definition) is 2. The first-order valence-electron chi connectivity index (χ1n) is 6.67. The van der Waals surface area contributed by atoms with E-state index in [2.05, 4.69) is 10.3 Å². The summed E-state index contributed by atoms with van der Waals surface area (Å²) in [4.78, 5) is 15.5. The van der Waals surface area contributed by atoms with Gasteiger partial charge >= 0.3 is 0 Å². The predicted molar refractivity (Wildman–Crippen MR) is 80.6 cm³/mol. The zero-order valence-electron chi connectivity index (χ0n) is 11.3. The van der Waals surface area contributed by atoms with Crippen LogP contribution in [-0.2, 0) is 0 Å². The summed E-state index contributed by atoms with van der Waals surface area (Å²) in [6, 6.07) is 17.6. The Balaban J connectivity index is 1.85. The molecule has 3 aromatic rings. The van der Waals surface area contributed by atoms with Gasteiger partial charge in [0.05, 0.1) is 17.1 Å². The van der Waals surface area contributed by atoms with Crippen LogP contribution >= 0.6 is 0 Å². The van der Waals surface area contributed by atoms with Crippen molar-refractivity contribution in [3.63, 3.8) is 0 Å². The van der Waals surface area contributed by atoms with E-state index < -0.39 is 0 Å². The molecular formula is C17H16N2O. The number of carbonyl (C=O) groups excluding carboxylic acids is 1. The smallest absolute Gasteiger partial charge is 0.253 e. The van der Waals surface area contributed by atoms with Gasteiger partial charge in [0, 0.05) is 11.6 Å². The molecule has 1 aromatic heterocycles. The highest BCUT2D eigenvalue weighted by molar-refractivity contribution is 6.05. The van der Waals surface area contributed by atoms with Crippen LogP contribution in [0.2, 0.25) is 0 Å². The Bertz CT molecular complexity index is 731. The van der Waals surface area contributed by atoms with Crippen molar-refractivity contribution in [1.82, 2.24) is 10.3 Å². The number of hydrogen-bond acceptors (Lipinski definition) is 1. The molecular weight excluding hydrogens is 248 g/mol. The number of amides is 1. The van der Waals surface area contributed by atoms with Gasteiger partial charge in [-0.2, -0.15) is 0 Å². The quantitative estimate of drug-likeness (QED) is 0.745. The number of benzene rings is 2. The van der Waals surface area contributed by atoms with Gasteiger partial charge in [-0.15, -0.1) is 0 Å². The number of carbonyl (C=O) groups is 1. The number of rotatable bonds is 3. The van der Waals surface area contributed by atoms with Crippen LogP contribution in [0.4, 0.5) is 0 Å². The number of aromatic nitrogens is 1. The molecule has 1 atom stereocenters. The Morgan fingerprint density at radius 1 is 1.05 bits per heavy atom. The third-order valence-corrected chi connectivity index (χ3v) is 3.48. The number of fused-ring (bicyclic) bond motifs is 1. The fourth-order valence-corrected chi connectivity index (χ4v) is 2.37. The fourth-order valence-electron chi connectivity index (χ4n) is 2.37. The van der Waals surface area contributed by atoms with Crippen LogP contribution in [0.3, 0.4) is 0 Å². The summed E-state index contributed by atoms with van der Waals surface area (Å²) in [6.07, 6.45) is 1.85. The molecule has 3 nitrogen and oxygen atoms in total. The molecule has 1 amide bonds. The van der Waals surface area contributed by atoms with Gasteiger partial charge < -0.3 is 10.3 Å². The number of nitrogens with one attached hydrogen (secondary N) is 2. The van der Waals surface area contributed by atoms with Crippen LogP contribution in [0.1, 0.15) is 28.9 Å². The van der Waals surface area contributed by atoms with Crippen LogP contribution < -0.4 is 5.32 Å². The lowest BCUT2D eigenvalue weighted by atomic mass is 10.1. The van der Waals surface area contributed by atoms with Crippen molar-refractivity contribution in [3.8, 4) is 0 Å². The minimum Gasteiger partial charge on any atom is -0.361 e. The molecule has 1 unspecified atom stereocenters. The molecule has 0 saturated heterocycles. The highest BCUT2D eigenvalue weighted by atomic mass is 16.1. The standard InChI is InChI=1S/C17H16N2O/c1-12(13-6-3-2-4-7-13)19-17(20)15-9-5-8-14-10-11-18-16(14)15/h2-12,18H,1H3,(H,19,20). The van der Waals surface area contributed by atoms with Crippen molar-refractivity contribution in [1.29, 1.82) is 0 Å². The maximum absolute atomic E-state index is 12.4. The molecule has 0 aliphatic heterocycles. The number of para-hydroxylation sites is 1. The average Bonchev–Trinajstić information content (AvgIpc) is 2.96. The second-order valence-corrected chi connectivity index (χ2v) is 4.85. The molecule has 2 aromatic carbocycles. The molecule has 1 heterocycles. The van der Waals surface area contributed by atoms with Crippen LogP contribution in [-0.4, -0.2) is 10.9 Å². The van der Waals surface area contributed by atoms with Crippen LogP contribution in [0.25, 0.3) is 10.9 Å². The van der Waals surface area contributed by atoms with Crippen molar-refractivity contribution >= 4 is 16.8 Å². The van der Waals surface area contributed by atoms with E-state index in [9.17, 15) is 4.79 Å². The summed E-state index contributed by atoms with van der Waals surface area (Å²) in [5, 5.41) is 4.08. The van der Waals surface area contributed by atoms with E-state index in [-0.39, 0.29) is 11.9 Å². The summed E-state index contributed by atoms with van der Waals surface area (Å²) in [5.41, 5.74) is 2.65. The number of H-pyrrole nitrogens is 1. The molecule has 3 rings (SSSR count). The van der Waals surface area contributed by atoms with Crippen molar-refractivity contribution in [2.75, 3.05) is 0 Å². The molecule has 0 bridgehead atoms. The van der Waals surface area contributed by atoms with Gasteiger partial charge in [0.25, 0.3) is 5.91 Å². The lowest BCUT2D eigenvalue weighted by Gasteiger charge is -2.14. The Labute approximate surface area is 117 Å². The molecule has 0 fully saturated rings. The average molecular weight is 264 g/mol. The van der Waals surface area contributed by atoms with Gasteiger partial charge in [0.15, 0.2) is 0 Å². The first kappa shape index (κ1) is 12.5. The first-order chi connectivity index (χ1) is 9.75.